The van der Waals surface area contributed by atoms with Crippen LogP contribution in [0.25, 0.3) is 0 Å². The molecule has 2 aliphatic rings. The summed E-state index contributed by atoms with van der Waals surface area (Å²) in [6.07, 6.45) is -1.04. The maximum atomic E-state index is 13.0. The molecule has 20 heteroatoms. The van der Waals surface area contributed by atoms with Gasteiger partial charge >= 0.3 is 47.6 Å². The van der Waals surface area contributed by atoms with Crippen molar-refractivity contribution in [2.24, 2.45) is 10.9 Å². The summed E-state index contributed by atoms with van der Waals surface area (Å²) in [6, 6.07) is -2.54. The van der Waals surface area contributed by atoms with Gasteiger partial charge in [0.25, 0.3) is 11.8 Å². The maximum absolute atomic E-state index is 13.0. The monoisotopic (exact) mass is 608 g/mol. The first kappa shape index (κ1) is 33.0. The van der Waals surface area contributed by atoms with Gasteiger partial charge in [0.05, 0.1) is 11.7 Å². The Kier molecular flexibility index (Phi) is 11.9. The molecule has 0 aromatic carbocycles. The zero-order valence-corrected chi connectivity index (χ0v) is 24.8. The molecule has 3 heterocycles. The van der Waals surface area contributed by atoms with Gasteiger partial charge in [-0.05, 0) is 0 Å². The Balaban J connectivity index is 0.00000560. The van der Waals surface area contributed by atoms with Crippen molar-refractivity contribution in [1.29, 1.82) is 0 Å². The minimum atomic E-state index is -1.63. The molecule has 3 rings (SSSR count). The Morgan fingerprint density at radius 2 is 2.02 bits per heavy atom. The first-order valence-corrected chi connectivity index (χ1v) is 12.7. The molecule has 1 fully saturated rings. The SMILES string of the molecule is CO/N=C(/C(=O)N[C@@H]1C(=O)N2C(C(=O)[O-])=C(COC(C)=O)CS[C@H]12)c1csc(NC(=O)OC[C@@H](N)C(=O)O)n1.[Na+]. The smallest absolute Gasteiger partial charge is 0.543 e. The van der Waals surface area contributed by atoms with Crippen molar-refractivity contribution in [3.05, 3.63) is 22.3 Å². The zero-order valence-electron chi connectivity index (χ0n) is 21.2. The third-order valence-corrected chi connectivity index (χ3v) is 7.14. The minimum Gasteiger partial charge on any atom is -0.543 e. The number of carboxylic acids is 2. The average Bonchev–Trinajstić information content (AvgIpc) is 3.34. The Morgan fingerprint density at radius 1 is 1.32 bits per heavy atom. The molecule has 5 N–H and O–H groups in total. The molecular formula is C20H21N6NaO11S2. The fraction of sp³-hybridized carbons (Fsp3) is 0.400. The number of carbonyl (C=O) groups excluding carboxylic acids is 5. The largest absolute Gasteiger partial charge is 1.00 e. The summed E-state index contributed by atoms with van der Waals surface area (Å²) in [4.78, 5) is 80.8. The van der Waals surface area contributed by atoms with Crippen molar-refractivity contribution in [2.45, 2.75) is 24.4 Å². The second kappa shape index (κ2) is 14.4. The van der Waals surface area contributed by atoms with Gasteiger partial charge in [-0.3, -0.25) is 29.4 Å². The number of aromatic nitrogens is 1. The van der Waals surface area contributed by atoms with Gasteiger partial charge in [-0.25, -0.2) is 9.78 Å². The van der Waals surface area contributed by atoms with E-state index in [4.69, 9.17) is 20.4 Å². The van der Waals surface area contributed by atoms with Crippen LogP contribution in [0.1, 0.15) is 12.6 Å². The zero-order chi connectivity index (χ0) is 28.9. The Hall–Kier alpha value is -3.23. The summed E-state index contributed by atoms with van der Waals surface area (Å²) in [5.41, 5.74) is 4.61. The molecule has 1 saturated heterocycles. The first-order valence-electron chi connectivity index (χ1n) is 10.8. The van der Waals surface area contributed by atoms with Gasteiger partial charge < -0.3 is 40.4 Å². The number of nitrogens with two attached hydrogens (primary N) is 1. The average molecular weight is 609 g/mol. The third-order valence-electron chi connectivity index (χ3n) is 5.04. The number of thiazole rings is 1. The van der Waals surface area contributed by atoms with Crippen molar-refractivity contribution < 1.29 is 82.8 Å². The second-order valence-electron chi connectivity index (χ2n) is 7.71. The third kappa shape index (κ3) is 7.70. The fourth-order valence-corrected chi connectivity index (χ4v) is 5.29. The summed E-state index contributed by atoms with van der Waals surface area (Å²) in [6.45, 7) is 0.233. The van der Waals surface area contributed by atoms with Crippen molar-refractivity contribution >= 4 is 69.8 Å². The number of nitrogens with one attached hydrogen (secondary N) is 2. The molecule has 0 saturated carbocycles. The van der Waals surface area contributed by atoms with E-state index in [-0.39, 0.29) is 64.0 Å². The molecule has 210 valence electrons. The molecule has 1 aromatic rings. The van der Waals surface area contributed by atoms with E-state index < -0.39 is 65.6 Å². The van der Waals surface area contributed by atoms with E-state index in [1.54, 1.807) is 0 Å². The number of ether oxygens (including phenoxy) is 2. The van der Waals surface area contributed by atoms with Crippen LogP contribution >= 0.6 is 23.1 Å². The van der Waals surface area contributed by atoms with Gasteiger partial charge in [0, 0.05) is 23.6 Å². The van der Waals surface area contributed by atoms with E-state index >= 15 is 0 Å². The van der Waals surface area contributed by atoms with Crippen molar-refractivity contribution in [3.8, 4) is 0 Å². The number of hydrogen-bond acceptors (Lipinski definition) is 15. The summed E-state index contributed by atoms with van der Waals surface area (Å²) in [5.74, 6) is -5.14. The van der Waals surface area contributed by atoms with Gasteiger partial charge in [0.15, 0.2) is 10.8 Å². The van der Waals surface area contributed by atoms with Crippen LogP contribution in [0.3, 0.4) is 0 Å². The summed E-state index contributed by atoms with van der Waals surface area (Å²) < 4.78 is 9.54. The van der Waals surface area contributed by atoms with Gasteiger partial charge in [-0.15, -0.1) is 23.1 Å². The molecule has 17 nitrogen and oxygen atoms in total. The maximum Gasteiger partial charge on any atom is 1.00 e. The first-order chi connectivity index (χ1) is 18.4. The van der Waals surface area contributed by atoms with Crippen LogP contribution in [0.5, 0.6) is 0 Å². The number of fused-ring (bicyclic) bond motifs is 1. The number of oxime groups is 1. The number of carbonyl (C=O) groups is 6. The number of anilines is 1. The Morgan fingerprint density at radius 3 is 2.62 bits per heavy atom. The van der Waals surface area contributed by atoms with Crippen molar-refractivity contribution in [3.63, 3.8) is 0 Å². The van der Waals surface area contributed by atoms with E-state index in [1.807, 2.05) is 0 Å². The number of carboxylic acid groups (broad SMARTS) is 2. The van der Waals surface area contributed by atoms with Crippen LogP contribution in [0.2, 0.25) is 0 Å². The summed E-state index contributed by atoms with van der Waals surface area (Å²) in [7, 11) is 1.16. The van der Waals surface area contributed by atoms with Crippen molar-refractivity contribution in [1.82, 2.24) is 15.2 Å². The number of hydrogen-bond donors (Lipinski definition) is 4. The number of β-lactam (4-membered cyclic amide) rings is 1. The number of nitrogens with zero attached hydrogens (tertiary/aromatic N) is 3. The van der Waals surface area contributed by atoms with Gasteiger partial charge in [-0.2, -0.15) is 0 Å². The number of aliphatic carboxylic acids is 2. The minimum absolute atomic E-state index is 0. The van der Waals surface area contributed by atoms with E-state index in [9.17, 15) is 33.9 Å². The topological polar surface area (TPSA) is 252 Å². The molecule has 1 aromatic heterocycles. The van der Waals surface area contributed by atoms with E-state index in [0.717, 1.165) is 42.0 Å². The Labute approximate surface area is 255 Å². The Bertz CT molecular complexity index is 1270. The summed E-state index contributed by atoms with van der Waals surface area (Å²) >= 11 is 2.02. The van der Waals surface area contributed by atoms with Crippen LogP contribution in [0.15, 0.2) is 21.8 Å². The van der Waals surface area contributed by atoms with E-state index in [2.05, 4.69) is 25.5 Å². The molecule has 0 radical (unpaired) electrons. The number of rotatable bonds is 11. The van der Waals surface area contributed by atoms with Gasteiger partial charge in [-0.1, -0.05) is 5.16 Å². The quantitative estimate of drug-likeness (QED) is 0.0601. The van der Waals surface area contributed by atoms with Crippen molar-refractivity contribution in [2.75, 3.05) is 31.4 Å². The predicted octanol–water partition coefficient (Wildman–Crippen LogP) is -5.57. The molecule has 3 amide bonds. The van der Waals surface area contributed by atoms with Crippen LogP contribution in [-0.2, 0) is 38.3 Å². The normalized spacial score (nSPS) is 18.8. The number of thioether (sulfide) groups is 1. The number of amides is 3. The second-order valence-corrected chi connectivity index (χ2v) is 9.67. The standard InChI is InChI=1S/C20H22N6O11S2.Na/c1-7(27)36-3-8-5-38-16-12(15(29)26(16)13(8)18(32)33)23-14(28)11(25-35-2)10-6-39-19(22-10)24-20(34)37-4-9(21)17(30)31;/h6,9,12,16H,3-5,21H2,1-2H3,(H,23,28)(H,30,31)(H,32,33)(H,22,24,34);/q;+1/p-1/b25-11+;/t9-,12-,16-;/m1./s1. The van der Waals surface area contributed by atoms with Crippen LogP contribution < -0.4 is 51.0 Å². The molecule has 0 bridgehead atoms. The number of esters is 1. The van der Waals surface area contributed by atoms with E-state index in [1.165, 1.54) is 5.38 Å². The van der Waals surface area contributed by atoms with Gasteiger partial charge in [0.2, 0.25) is 0 Å². The van der Waals surface area contributed by atoms with Crippen LogP contribution in [-0.4, -0.2) is 100 Å². The molecular weight excluding hydrogens is 587 g/mol. The molecule has 0 aliphatic carbocycles. The molecule has 0 spiro atoms. The van der Waals surface area contributed by atoms with Crippen LogP contribution in [0.4, 0.5) is 9.93 Å². The van der Waals surface area contributed by atoms with Crippen LogP contribution in [0, 0.1) is 0 Å². The molecule has 0 unspecified atom stereocenters. The van der Waals surface area contributed by atoms with E-state index in [0.29, 0.717) is 0 Å². The molecule has 2 aliphatic heterocycles. The predicted molar refractivity (Wildman–Crippen MR) is 130 cm³/mol. The fourth-order valence-electron chi connectivity index (χ4n) is 3.28. The molecule has 40 heavy (non-hydrogen) atoms. The molecule has 3 atom stereocenters. The summed E-state index contributed by atoms with van der Waals surface area (Å²) in [5, 5.41) is 29.3. The van der Waals surface area contributed by atoms with Gasteiger partial charge in [0.1, 0.15) is 43.5 Å².